The normalized spacial score (nSPS) is 23.0. The summed E-state index contributed by atoms with van der Waals surface area (Å²) < 4.78 is 0. The van der Waals surface area contributed by atoms with Crippen LogP contribution in [-0.2, 0) is 16.0 Å². The molecule has 2 rings (SSSR count). The molecule has 110 valence electrons. The van der Waals surface area contributed by atoms with E-state index in [9.17, 15) is 14.7 Å². The molecule has 0 saturated heterocycles. The summed E-state index contributed by atoms with van der Waals surface area (Å²) in [5.41, 5.74) is 6.15. The second kappa shape index (κ2) is 6.69. The molecular weight excluding hydrogens is 278 g/mol. The fraction of sp³-hybridized carbons (Fsp3) is 0.615. The molecule has 1 fully saturated rings. The van der Waals surface area contributed by atoms with Crippen LogP contribution in [0.5, 0.6) is 0 Å². The van der Waals surface area contributed by atoms with Gasteiger partial charge in [0.2, 0.25) is 5.91 Å². The Kier molecular flexibility index (Phi) is 4.94. The van der Waals surface area contributed by atoms with Crippen molar-refractivity contribution >= 4 is 28.3 Å². The third kappa shape index (κ3) is 3.93. The number of carboxylic acids is 1. The van der Waals surface area contributed by atoms with Crippen molar-refractivity contribution in [3.8, 4) is 0 Å². The van der Waals surface area contributed by atoms with Crippen molar-refractivity contribution < 1.29 is 14.7 Å². The minimum absolute atomic E-state index is 0.149. The number of hydrogen-bond donors (Lipinski definition) is 3. The Morgan fingerprint density at radius 2 is 2.15 bits per heavy atom. The standard InChI is InChI=1S/C13H19N3O3S/c14-13-15-8(7-20-13)6-11(17)16-10-5-3-1-2-4-9(10)12(18)19/h7,9-10H,1-6H2,(H2,14,15)(H,16,17)(H,18,19). The van der Waals surface area contributed by atoms with Gasteiger partial charge in [0.05, 0.1) is 18.0 Å². The van der Waals surface area contributed by atoms with E-state index in [0.29, 0.717) is 17.2 Å². The van der Waals surface area contributed by atoms with E-state index in [0.717, 1.165) is 25.7 Å². The van der Waals surface area contributed by atoms with Crippen LogP contribution in [0.25, 0.3) is 0 Å². The Balaban J connectivity index is 1.95. The van der Waals surface area contributed by atoms with Gasteiger partial charge in [-0.15, -0.1) is 11.3 Å². The highest BCUT2D eigenvalue weighted by Crippen LogP contribution is 2.24. The number of nitrogens with zero attached hydrogens (tertiary/aromatic N) is 1. The lowest BCUT2D eigenvalue weighted by Gasteiger charge is -2.22. The molecule has 1 saturated carbocycles. The molecule has 2 atom stereocenters. The summed E-state index contributed by atoms with van der Waals surface area (Å²) in [5.74, 6) is -1.49. The molecule has 1 aromatic rings. The molecule has 20 heavy (non-hydrogen) atoms. The van der Waals surface area contributed by atoms with Crippen LogP contribution >= 0.6 is 11.3 Å². The zero-order valence-corrected chi connectivity index (χ0v) is 12.0. The van der Waals surface area contributed by atoms with Gasteiger partial charge in [0.25, 0.3) is 0 Å². The van der Waals surface area contributed by atoms with E-state index in [1.165, 1.54) is 11.3 Å². The van der Waals surface area contributed by atoms with Gasteiger partial charge in [-0.1, -0.05) is 19.3 Å². The third-order valence-electron chi connectivity index (χ3n) is 3.59. The number of aromatic nitrogens is 1. The molecule has 0 radical (unpaired) electrons. The molecule has 1 aliphatic rings. The van der Waals surface area contributed by atoms with Crippen molar-refractivity contribution in [2.75, 3.05) is 5.73 Å². The number of hydrogen-bond acceptors (Lipinski definition) is 5. The minimum atomic E-state index is -0.824. The second-order valence-corrected chi connectivity index (χ2v) is 6.00. The van der Waals surface area contributed by atoms with Crippen LogP contribution in [0.15, 0.2) is 5.38 Å². The van der Waals surface area contributed by atoms with Gasteiger partial charge in [0.1, 0.15) is 0 Å². The monoisotopic (exact) mass is 297 g/mol. The summed E-state index contributed by atoms with van der Waals surface area (Å²) in [4.78, 5) is 27.3. The van der Waals surface area contributed by atoms with Crippen molar-refractivity contribution in [2.24, 2.45) is 5.92 Å². The molecule has 7 heteroatoms. The van der Waals surface area contributed by atoms with Crippen LogP contribution in [0.1, 0.15) is 37.8 Å². The predicted molar refractivity (Wildman–Crippen MR) is 76.4 cm³/mol. The van der Waals surface area contributed by atoms with Gasteiger partial charge in [0.15, 0.2) is 5.13 Å². The lowest BCUT2D eigenvalue weighted by molar-refractivity contribution is -0.143. The molecule has 0 bridgehead atoms. The zero-order chi connectivity index (χ0) is 14.5. The van der Waals surface area contributed by atoms with Crippen LogP contribution in [0.2, 0.25) is 0 Å². The highest BCUT2D eigenvalue weighted by Gasteiger charge is 2.30. The molecule has 4 N–H and O–H groups in total. The smallest absolute Gasteiger partial charge is 0.308 e. The van der Waals surface area contributed by atoms with Crippen LogP contribution in [-0.4, -0.2) is 28.0 Å². The van der Waals surface area contributed by atoms with Crippen molar-refractivity contribution in [3.05, 3.63) is 11.1 Å². The van der Waals surface area contributed by atoms with E-state index in [1.807, 2.05) is 0 Å². The van der Waals surface area contributed by atoms with E-state index in [4.69, 9.17) is 5.73 Å². The minimum Gasteiger partial charge on any atom is -0.481 e. The maximum absolute atomic E-state index is 12.0. The van der Waals surface area contributed by atoms with Crippen molar-refractivity contribution in [3.63, 3.8) is 0 Å². The van der Waals surface area contributed by atoms with Crippen LogP contribution in [0.3, 0.4) is 0 Å². The summed E-state index contributed by atoms with van der Waals surface area (Å²) in [6, 6.07) is -0.279. The van der Waals surface area contributed by atoms with E-state index >= 15 is 0 Å². The lowest BCUT2D eigenvalue weighted by atomic mass is 9.95. The SMILES string of the molecule is Nc1nc(CC(=O)NC2CCCCCC2C(=O)O)cs1. The number of aliphatic carboxylic acids is 1. The first kappa shape index (κ1) is 14.8. The number of nitrogens with two attached hydrogens (primary N) is 1. The molecule has 1 heterocycles. The number of nitrogen functional groups attached to an aromatic ring is 1. The van der Waals surface area contributed by atoms with Gasteiger partial charge in [0, 0.05) is 11.4 Å². The first-order valence-electron chi connectivity index (χ1n) is 6.78. The number of carbonyl (C=O) groups is 2. The predicted octanol–water partition coefficient (Wildman–Crippen LogP) is 1.42. The number of nitrogens with one attached hydrogen (secondary N) is 1. The van der Waals surface area contributed by atoms with E-state index in [-0.39, 0.29) is 18.4 Å². The average Bonchev–Trinajstić information content (AvgIpc) is 2.64. The third-order valence-corrected chi connectivity index (χ3v) is 4.31. The maximum Gasteiger partial charge on any atom is 0.308 e. The quantitative estimate of drug-likeness (QED) is 0.729. The molecule has 0 aromatic carbocycles. The van der Waals surface area contributed by atoms with Gasteiger partial charge in [-0.25, -0.2) is 4.98 Å². The topological polar surface area (TPSA) is 105 Å². The van der Waals surface area contributed by atoms with Crippen molar-refractivity contribution in [1.82, 2.24) is 10.3 Å². The van der Waals surface area contributed by atoms with Gasteiger partial charge in [-0.2, -0.15) is 0 Å². The van der Waals surface area contributed by atoms with Crippen LogP contribution in [0, 0.1) is 5.92 Å². The van der Waals surface area contributed by atoms with Gasteiger partial charge in [-0.3, -0.25) is 9.59 Å². The average molecular weight is 297 g/mol. The van der Waals surface area contributed by atoms with Gasteiger partial charge < -0.3 is 16.2 Å². The first-order valence-corrected chi connectivity index (χ1v) is 7.66. The summed E-state index contributed by atoms with van der Waals surface area (Å²) in [7, 11) is 0. The molecular formula is C13H19N3O3S. The molecule has 1 amide bonds. The molecule has 0 aliphatic heterocycles. The van der Waals surface area contributed by atoms with Crippen molar-refractivity contribution in [2.45, 2.75) is 44.6 Å². The van der Waals surface area contributed by atoms with E-state index < -0.39 is 11.9 Å². The molecule has 0 spiro atoms. The number of anilines is 1. The largest absolute Gasteiger partial charge is 0.481 e. The zero-order valence-electron chi connectivity index (χ0n) is 11.2. The van der Waals surface area contributed by atoms with Crippen LogP contribution < -0.4 is 11.1 Å². The Bertz CT molecular complexity index is 489. The number of rotatable bonds is 4. The molecule has 1 aliphatic carbocycles. The highest BCUT2D eigenvalue weighted by atomic mass is 32.1. The number of amides is 1. The maximum atomic E-state index is 12.0. The van der Waals surface area contributed by atoms with Gasteiger partial charge >= 0.3 is 5.97 Å². The second-order valence-electron chi connectivity index (χ2n) is 5.11. The Morgan fingerprint density at radius 3 is 2.80 bits per heavy atom. The van der Waals surface area contributed by atoms with Crippen molar-refractivity contribution in [1.29, 1.82) is 0 Å². The summed E-state index contributed by atoms with van der Waals surface area (Å²) in [5, 5.41) is 14.3. The first-order chi connectivity index (χ1) is 9.56. The summed E-state index contributed by atoms with van der Waals surface area (Å²) >= 11 is 1.29. The fourth-order valence-corrected chi connectivity index (χ4v) is 3.16. The number of carboxylic acid groups (broad SMARTS) is 1. The Hall–Kier alpha value is -1.63. The summed E-state index contributed by atoms with van der Waals surface area (Å²) in [6.45, 7) is 0. The lowest BCUT2D eigenvalue weighted by Crippen LogP contribution is -2.43. The van der Waals surface area contributed by atoms with E-state index in [1.54, 1.807) is 5.38 Å². The Morgan fingerprint density at radius 1 is 1.40 bits per heavy atom. The summed E-state index contributed by atoms with van der Waals surface area (Å²) in [6.07, 6.45) is 4.39. The number of carbonyl (C=O) groups excluding carboxylic acids is 1. The van der Waals surface area contributed by atoms with Gasteiger partial charge in [-0.05, 0) is 12.8 Å². The van der Waals surface area contributed by atoms with Crippen LogP contribution in [0.4, 0.5) is 5.13 Å². The van der Waals surface area contributed by atoms with E-state index in [2.05, 4.69) is 10.3 Å². The number of thiazole rings is 1. The fourth-order valence-electron chi connectivity index (χ4n) is 2.60. The molecule has 1 aromatic heterocycles. The molecule has 2 unspecified atom stereocenters. The molecule has 6 nitrogen and oxygen atoms in total. The Labute approximate surface area is 121 Å². The highest BCUT2D eigenvalue weighted by molar-refractivity contribution is 7.13.